The Balaban J connectivity index is 1.47. The largest absolute Gasteiger partial charge is 0.490 e. The van der Waals surface area contributed by atoms with Gasteiger partial charge in [-0.3, -0.25) is 14.7 Å². The fourth-order valence-corrected chi connectivity index (χ4v) is 6.79. The van der Waals surface area contributed by atoms with E-state index in [1.165, 1.54) is 23.9 Å². The van der Waals surface area contributed by atoms with Crippen LogP contribution in [0, 0.1) is 0 Å². The first-order chi connectivity index (χ1) is 20.3. The predicted octanol–water partition coefficient (Wildman–Crippen LogP) is 7.29. The second-order valence-corrected chi connectivity index (χ2v) is 12.6. The summed E-state index contributed by atoms with van der Waals surface area (Å²) < 4.78 is 37.5. The first-order valence-corrected chi connectivity index (χ1v) is 16.2. The molecule has 0 radical (unpaired) electrons. The van der Waals surface area contributed by atoms with Crippen LogP contribution >= 0.6 is 27.7 Å². The van der Waals surface area contributed by atoms with Crippen molar-refractivity contribution in [1.29, 1.82) is 0 Å². The molecule has 0 aliphatic carbocycles. The first kappa shape index (κ1) is 29.6. The third kappa shape index (κ3) is 7.13. The molecule has 1 aliphatic heterocycles. The molecular weight excluding hydrogens is 636 g/mol. The number of carbonyl (C=O) groups excluding carboxylic acids is 1. The van der Waals surface area contributed by atoms with Crippen LogP contribution in [0.25, 0.3) is 6.08 Å². The van der Waals surface area contributed by atoms with E-state index in [1.54, 1.807) is 48.2 Å². The molecule has 7 nitrogen and oxygen atoms in total. The molecule has 0 aromatic heterocycles. The summed E-state index contributed by atoms with van der Waals surface area (Å²) >= 11 is 4.75. The average molecular weight is 664 g/mol. The second kappa shape index (κ2) is 13.4. The molecule has 0 spiro atoms. The van der Waals surface area contributed by atoms with Crippen LogP contribution in [-0.4, -0.2) is 31.0 Å². The summed E-state index contributed by atoms with van der Waals surface area (Å²) in [7, 11) is -4.10. The number of hydrogen-bond acceptors (Lipinski definition) is 7. The minimum absolute atomic E-state index is 0.0272. The molecule has 0 unspecified atom stereocenters. The van der Waals surface area contributed by atoms with Crippen LogP contribution in [0.4, 0.5) is 0 Å². The summed E-state index contributed by atoms with van der Waals surface area (Å²) in [5.74, 6) is 0.0913. The molecule has 42 heavy (non-hydrogen) atoms. The van der Waals surface area contributed by atoms with Gasteiger partial charge in [0.1, 0.15) is 4.90 Å². The summed E-state index contributed by atoms with van der Waals surface area (Å²) in [5, 5.41) is 0.608. The molecule has 1 aliphatic rings. The normalized spacial score (nSPS) is 15.4. The van der Waals surface area contributed by atoms with E-state index in [-0.39, 0.29) is 28.9 Å². The Morgan fingerprint density at radius 1 is 0.905 bits per heavy atom. The molecule has 0 bridgehead atoms. The van der Waals surface area contributed by atoms with Gasteiger partial charge >= 0.3 is 10.1 Å². The third-order valence-corrected chi connectivity index (χ3v) is 9.03. The number of thioether (sulfide) groups is 1. The minimum atomic E-state index is -4.10. The van der Waals surface area contributed by atoms with Crippen LogP contribution in [0.15, 0.2) is 122 Å². The summed E-state index contributed by atoms with van der Waals surface area (Å²) in [6.45, 7) is 2.90. The Hall–Kier alpha value is -3.86. The number of aliphatic imine (C=N–C) groups is 1. The van der Waals surface area contributed by atoms with Gasteiger partial charge in [-0.15, -0.1) is 0 Å². The summed E-state index contributed by atoms with van der Waals surface area (Å²) in [6, 6.07) is 30.9. The molecule has 0 N–H and O–H groups in total. The topological polar surface area (TPSA) is 85.3 Å². The molecule has 214 valence electrons. The zero-order valence-electron chi connectivity index (χ0n) is 22.6. The number of carbonyl (C=O) groups is 1. The second-order valence-electron chi connectivity index (χ2n) is 9.19. The number of ether oxygens (including phenoxy) is 1. The van der Waals surface area contributed by atoms with Crippen LogP contribution < -0.4 is 8.92 Å². The van der Waals surface area contributed by atoms with Crippen LogP contribution in [0.5, 0.6) is 11.5 Å². The van der Waals surface area contributed by atoms with Crippen molar-refractivity contribution in [1.82, 2.24) is 4.90 Å². The van der Waals surface area contributed by atoms with Crippen molar-refractivity contribution in [2.45, 2.75) is 24.9 Å². The SMILES string of the molecule is CCOc1cc(/C=C2/SC(=NCc3ccccc3)N(Cc3ccccc3)C2=O)cc(Br)c1OS(=O)(=O)c1ccccc1. The fraction of sp³-hybridized carbons (Fsp3) is 0.125. The number of nitrogens with zero attached hydrogens (tertiary/aromatic N) is 2. The van der Waals surface area contributed by atoms with Gasteiger partial charge in [0.05, 0.1) is 29.1 Å². The van der Waals surface area contributed by atoms with Crippen molar-refractivity contribution < 1.29 is 22.1 Å². The lowest BCUT2D eigenvalue weighted by atomic mass is 10.1. The highest BCUT2D eigenvalue weighted by Crippen LogP contribution is 2.41. The van der Waals surface area contributed by atoms with E-state index in [1.807, 2.05) is 60.7 Å². The van der Waals surface area contributed by atoms with Gasteiger partial charge < -0.3 is 8.92 Å². The average Bonchev–Trinajstić information content (AvgIpc) is 3.28. The maximum absolute atomic E-state index is 13.7. The van der Waals surface area contributed by atoms with E-state index < -0.39 is 10.1 Å². The number of halogens is 1. The van der Waals surface area contributed by atoms with Crippen LogP contribution in [0.1, 0.15) is 23.6 Å². The molecule has 4 aromatic carbocycles. The standard InChI is InChI=1S/C32H27BrN2O5S2/c1-2-39-28-19-25(18-27(33)30(28)40-42(37,38)26-16-10-5-11-17-26)20-29-31(36)35(22-24-14-8-4-9-15-24)32(41-29)34-21-23-12-6-3-7-13-23/h3-20H,2,21-22H2,1H3/b29-20+,34-32?. The number of rotatable bonds is 10. The molecule has 1 saturated heterocycles. The monoisotopic (exact) mass is 662 g/mol. The van der Waals surface area contributed by atoms with Gasteiger partial charge in [0.2, 0.25) is 0 Å². The number of amidine groups is 1. The molecule has 1 heterocycles. The predicted molar refractivity (Wildman–Crippen MR) is 170 cm³/mol. The molecule has 10 heteroatoms. The van der Waals surface area contributed by atoms with E-state index >= 15 is 0 Å². The van der Waals surface area contributed by atoms with E-state index in [2.05, 4.69) is 15.9 Å². The Morgan fingerprint density at radius 3 is 2.17 bits per heavy atom. The first-order valence-electron chi connectivity index (χ1n) is 13.1. The third-order valence-electron chi connectivity index (χ3n) is 6.17. The van der Waals surface area contributed by atoms with Gasteiger partial charge in [-0.05, 0) is 81.6 Å². The minimum Gasteiger partial charge on any atom is -0.490 e. The van der Waals surface area contributed by atoms with Gasteiger partial charge in [0, 0.05) is 0 Å². The lowest BCUT2D eigenvalue weighted by Gasteiger charge is -2.16. The quantitative estimate of drug-likeness (QED) is 0.131. The molecule has 5 rings (SSSR count). The maximum atomic E-state index is 13.7. The van der Waals surface area contributed by atoms with Crippen LogP contribution in [-0.2, 0) is 28.0 Å². The lowest BCUT2D eigenvalue weighted by molar-refractivity contribution is -0.122. The van der Waals surface area contributed by atoms with Crippen LogP contribution in [0.3, 0.4) is 0 Å². The zero-order chi connectivity index (χ0) is 29.5. The highest BCUT2D eigenvalue weighted by atomic mass is 79.9. The van der Waals surface area contributed by atoms with E-state index in [9.17, 15) is 13.2 Å². The van der Waals surface area contributed by atoms with Gasteiger partial charge in [-0.1, -0.05) is 78.9 Å². The zero-order valence-corrected chi connectivity index (χ0v) is 25.9. The Kier molecular flexibility index (Phi) is 9.46. The maximum Gasteiger partial charge on any atom is 0.339 e. The summed E-state index contributed by atoms with van der Waals surface area (Å²) in [5.41, 5.74) is 2.67. The molecule has 1 fully saturated rings. The number of hydrogen-bond donors (Lipinski definition) is 0. The lowest BCUT2D eigenvalue weighted by Crippen LogP contribution is -2.28. The van der Waals surface area contributed by atoms with Crippen LogP contribution in [0.2, 0.25) is 0 Å². The van der Waals surface area contributed by atoms with Gasteiger partial charge in [0.25, 0.3) is 5.91 Å². The Labute approximate surface area is 258 Å². The van der Waals surface area contributed by atoms with Gasteiger partial charge in [-0.2, -0.15) is 8.42 Å². The van der Waals surface area contributed by atoms with Crippen molar-refractivity contribution >= 4 is 55.0 Å². The molecule has 0 atom stereocenters. The number of benzene rings is 4. The highest BCUT2D eigenvalue weighted by molar-refractivity contribution is 9.10. The van der Waals surface area contributed by atoms with Gasteiger partial charge in [0.15, 0.2) is 16.7 Å². The highest BCUT2D eigenvalue weighted by Gasteiger charge is 2.33. The molecule has 0 saturated carbocycles. The van der Waals surface area contributed by atoms with Crippen molar-refractivity contribution in [2.75, 3.05) is 6.61 Å². The smallest absolute Gasteiger partial charge is 0.339 e. The molecule has 4 aromatic rings. The Bertz CT molecular complexity index is 1730. The van der Waals surface area contributed by atoms with E-state index in [0.29, 0.717) is 33.2 Å². The number of amides is 1. The summed E-state index contributed by atoms with van der Waals surface area (Å²) in [4.78, 5) is 20.6. The van der Waals surface area contributed by atoms with Crippen molar-refractivity contribution in [3.63, 3.8) is 0 Å². The molecular formula is C32H27BrN2O5S2. The molecule has 1 amide bonds. The van der Waals surface area contributed by atoms with Crippen molar-refractivity contribution in [3.05, 3.63) is 129 Å². The van der Waals surface area contributed by atoms with Crippen molar-refractivity contribution in [2.24, 2.45) is 4.99 Å². The fourth-order valence-electron chi connectivity index (χ4n) is 4.19. The van der Waals surface area contributed by atoms with Gasteiger partial charge in [-0.25, -0.2) is 0 Å². The van der Waals surface area contributed by atoms with E-state index in [0.717, 1.165) is 11.1 Å². The van der Waals surface area contributed by atoms with E-state index in [4.69, 9.17) is 13.9 Å². The summed E-state index contributed by atoms with van der Waals surface area (Å²) in [6.07, 6.45) is 1.75. The Morgan fingerprint density at radius 2 is 1.52 bits per heavy atom. The van der Waals surface area contributed by atoms with Crippen molar-refractivity contribution in [3.8, 4) is 11.5 Å².